The maximum Gasteiger partial charge on any atom is 0.573 e. The van der Waals surface area contributed by atoms with Gasteiger partial charge in [-0.25, -0.2) is 9.18 Å². The molecule has 2 rings (SSSR count). The van der Waals surface area contributed by atoms with E-state index in [0.717, 1.165) is 30.3 Å². The Morgan fingerprint density at radius 1 is 1.04 bits per heavy atom. The first kappa shape index (κ1) is 18.2. The first-order valence-corrected chi connectivity index (χ1v) is 6.78. The third-order valence-corrected chi connectivity index (χ3v) is 3.20. The number of carbonyl (C=O) groups is 1. The third-order valence-electron chi connectivity index (χ3n) is 2.61. The standard InChI is InChI=1S/C14H6Cl2F4O4/c15-8-3-6(1-2-11(8)24-14(18,19)20)23-12-5-10(17)7(13(21)22)4-9(12)16/h1-5H,(H,21,22). The van der Waals surface area contributed by atoms with Crippen molar-refractivity contribution < 1.29 is 36.9 Å². The van der Waals surface area contributed by atoms with E-state index < -0.39 is 34.5 Å². The molecule has 0 saturated heterocycles. The van der Waals surface area contributed by atoms with Crippen LogP contribution in [-0.4, -0.2) is 17.4 Å². The topological polar surface area (TPSA) is 55.8 Å². The maximum absolute atomic E-state index is 13.6. The Hall–Kier alpha value is -2.19. The molecule has 2 aromatic carbocycles. The van der Waals surface area contributed by atoms with Gasteiger partial charge in [-0.05, 0) is 18.2 Å². The van der Waals surface area contributed by atoms with Crippen molar-refractivity contribution in [1.82, 2.24) is 0 Å². The van der Waals surface area contributed by atoms with E-state index in [4.69, 9.17) is 33.0 Å². The summed E-state index contributed by atoms with van der Waals surface area (Å²) >= 11 is 11.4. The summed E-state index contributed by atoms with van der Waals surface area (Å²) in [7, 11) is 0. The highest BCUT2D eigenvalue weighted by Crippen LogP contribution is 2.36. The summed E-state index contributed by atoms with van der Waals surface area (Å²) in [4.78, 5) is 10.8. The molecule has 0 radical (unpaired) electrons. The van der Waals surface area contributed by atoms with Crippen LogP contribution >= 0.6 is 23.2 Å². The zero-order valence-corrected chi connectivity index (χ0v) is 12.8. The fourth-order valence-corrected chi connectivity index (χ4v) is 2.06. The van der Waals surface area contributed by atoms with Crippen molar-refractivity contribution in [2.75, 3.05) is 0 Å². The molecule has 0 heterocycles. The minimum absolute atomic E-state index is 0.0566. The van der Waals surface area contributed by atoms with Crippen LogP contribution in [0.15, 0.2) is 30.3 Å². The number of hydrogen-bond acceptors (Lipinski definition) is 3. The highest BCUT2D eigenvalue weighted by molar-refractivity contribution is 6.32. The molecule has 0 spiro atoms. The molecule has 1 N–H and O–H groups in total. The van der Waals surface area contributed by atoms with Crippen molar-refractivity contribution in [3.05, 3.63) is 51.8 Å². The summed E-state index contributed by atoms with van der Waals surface area (Å²) in [6.07, 6.45) is -4.91. The Morgan fingerprint density at radius 2 is 1.67 bits per heavy atom. The predicted octanol–water partition coefficient (Wildman–Crippen LogP) is 5.52. The zero-order chi connectivity index (χ0) is 18.1. The fraction of sp³-hybridized carbons (Fsp3) is 0.0714. The Labute approximate surface area is 142 Å². The number of halogens is 6. The predicted molar refractivity (Wildman–Crippen MR) is 76.6 cm³/mol. The van der Waals surface area contributed by atoms with Crippen LogP contribution in [0.25, 0.3) is 0 Å². The van der Waals surface area contributed by atoms with Gasteiger partial charge >= 0.3 is 12.3 Å². The average Bonchev–Trinajstić information content (AvgIpc) is 2.44. The molecule has 0 atom stereocenters. The number of alkyl halides is 3. The van der Waals surface area contributed by atoms with Gasteiger partial charge in [0.25, 0.3) is 0 Å². The van der Waals surface area contributed by atoms with E-state index in [0.29, 0.717) is 0 Å². The van der Waals surface area contributed by atoms with Crippen LogP contribution in [0, 0.1) is 5.82 Å². The fourth-order valence-electron chi connectivity index (χ4n) is 1.65. The minimum atomic E-state index is -4.91. The second-order valence-electron chi connectivity index (χ2n) is 4.31. The molecule has 0 aromatic heterocycles. The summed E-state index contributed by atoms with van der Waals surface area (Å²) in [5.74, 6) is -3.55. The van der Waals surface area contributed by atoms with Crippen LogP contribution in [0.1, 0.15) is 10.4 Å². The lowest BCUT2D eigenvalue weighted by molar-refractivity contribution is -0.274. The summed E-state index contributed by atoms with van der Waals surface area (Å²) < 4.78 is 59.0. The van der Waals surface area contributed by atoms with Gasteiger partial charge in [0.05, 0.1) is 15.6 Å². The molecule has 0 fully saturated rings. The Balaban J connectivity index is 2.27. The molecule has 0 amide bonds. The van der Waals surface area contributed by atoms with Crippen molar-refractivity contribution in [3.8, 4) is 17.2 Å². The number of rotatable bonds is 4. The maximum atomic E-state index is 13.6. The first-order chi connectivity index (χ1) is 11.1. The molecule has 0 aliphatic rings. The lowest BCUT2D eigenvalue weighted by Gasteiger charge is -2.13. The van der Waals surface area contributed by atoms with E-state index in [-0.39, 0.29) is 16.5 Å². The van der Waals surface area contributed by atoms with Gasteiger partial charge in [0.15, 0.2) is 0 Å². The Kier molecular flexibility index (Phi) is 5.10. The second kappa shape index (κ2) is 6.74. The van der Waals surface area contributed by atoms with Gasteiger partial charge in [-0.1, -0.05) is 23.2 Å². The van der Waals surface area contributed by atoms with Crippen molar-refractivity contribution in [1.29, 1.82) is 0 Å². The second-order valence-corrected chi connectivity index (χ2v) is 5.12. The van der Waals surface area contributed by atoms with Crippen LogP contribution in [0.5, 0.6) is 17.2 Å². The molecule has 10 heteroatoms. The Bertz CT molecular complexity index is 793. The van der Waals surface area contributed by atoms with Crippen molar-refractivity contribution in [2.24, 2.45) is 0 Å². The summed E-state index contributed by atoms with van der Waals surface area (Å²) in [5.41, 5.74) is -0.653. The molecule has 2 aromatic rings. The molecule has 0 aliphatic carbocycles. The molecular formula is C14H6Cl2F4O4. The molecule has 0 bridgehead atoms. The normalized spacial score (nSPS) is 11.2. The molecule has 0 unspecified atom stereocenters. The van der Waals surface area contributed by atoms with Gasteiger partial charge in [-0.3, -0.25) is 0 Å². The van der Waals surface area contributed by atoms with Crippen LogP contribution < -0.4 is 9.47 Å². The molecule has 4 nitrogen and oxygen atoms in total. The number of benzene rings is 2. The highest BCUT2D eigenvalue weighted by Gasteiger charge is 2.32. The lowest BCUT2D eigenvalue weighted by atomic mass is 10.2. The van der Waals surface area contributed by atoms with E-state index >= 15 is 0 Å². The molecule has 0 saturated carbocycles. The van der Waals surface area contributed by atoms with E-state index in [1.165, 1.54) is 0 Å². The number of aromatic carboxylic acids is 1. The average molecular weight is 385 g/mol. The van der Waals surface area contributed by atoms with E-state index in [2.05, 4.69) is 4.74 Å². The quantitative estimate of drug-likeness (QED) is 0.704. The molecular weight excluding hydrogens is 379 g/mol. The molecule has 0 aliphatic heterocycles. The van der Waals surface area contributed by atoms with Crippen molar-refractivity contribution in [2.45, 2.75) is 6.36 Å². The summed E-state index contributed by atoms with van der Waals surface area (Å²) in [5, 5.41) is 8.16. The number of carboxylic acids is 1. The largest absolute Gasteiger partial charge is 0.573 e. The van der Waals surface area contributed by atoms with Crippen LogP contribution in [-0.2, 0) is 0 Å². The van der Waals surface area contributed by atoms with Gasteiger partial charge in [-0.2, -0.15) is 0 Å². The van der Waals surface area contributed by atoms with E-state index in [1.807, 2.05) is 0 Å². The monoisotopic (exact) mass is 384 g/mol. The van der Waals surface area contributed by atoms with E-state index in [9.17, 15) is 22.4 Å². The van der Waals surface area contributed by atoms with Crippen LogP contribution in [0.2, 0.25) is 10.0 Å². The minimum Gasteiger partial charge on any atom is -0.478 e. The number of ether oxygens (including phenoxy) is 2. The van der Waals surface area contributed by atoms with Gasteiger partial charge < -0.3 is 14.6 Å². The number of carboxylic acid groups (broad SMARTS) is 1. The molecule has 24 heavy (non-hydrogen) atoms. The first-order valence-electron chi connectivity index (χ1n) is 6.02. The smallest absolute Gasteiger partial charge is 0.478 e. The third kappa shape index (κ3) is 4.42. The molecule has 128 valence electrons. The van der Waals surface area contributed by atoms with Gasteiger partial charge in [-0.15, -0.1) is 13.2 Å². The van der Waals surface area contributed by atoms with Crippen molar-refractivity contribution >= 4 is 29.2 Å². The Morgan fingerprint density at radius 3 is 2.21 bits per heavy atom. The van der Waals surface area contributed by atoms with Crippen molar-refractivity contribution in [3.63, 3.8) is 0 Å². The zero-order valence-electron chi connectivity index (χ0n) is 11.3. The van der Waals surface area contributed by atoms with Gasteiger partial charge in [0.1, 0.15) is 23.1 Å². The summed E-state index contributed by atoms with van der Waals surface area (Å²) in [6.45, 7) is 0. The van der Waals surface area contributed by atoms with Crippen LogP contribution in [0.4, 0.5) is 17.6 Å². The van der Waals surface area contributed by atoms with Gasteiger partial charge in [0, 0.05) is 12.1 Å². The van der Waals surface area contributed by atoms with Gasteiger partial charge in [0.2, 0.25) is 0 Å². The summed E-state index contributed by atoms with van der Waals surface area (Å²) in [6, 6.07) is 4.58. The number of hydrogen-bond donors (Lipinski definition) is 1. The highest BCUT2D eigenvalue weighted by atomic mass is 35.5. The van der Waals surface area contributed by atoms with E-state index in [1.54, 1.807) is 0 Å². The lowest BCUT2D eigenvalue weighted by Crippen LogP contribution is -2.17. The van der Waals surface area contributed by atoms with Crippen LogP contribution in [0.3, 0.4) is 0 Å². The SMILES string of the molecule is O=C(O)c1cc(Cl)c(Oc2ccc(OC(F)(F)F)c(Cl)c2)cc1F.